The standard InChI is InChI=1S/C20H23NO3/c1-23-20(22)18-10-9-16(17-8-5-11-21-13-17)12-19(18)24-14-15-6-3-2-4-7-15/h2-4,6-7,9-10,12,17,21H,5,8,11,13-14H2,1H3. The second-order valence-corrected chi connectivity index (χ2v) is 6.06. The molecule has 24 heavy (non-hydrogen) atoms. The van der Waals surface area contributed by atoms with Gasteiger partial charge in [-0.3, -0.25) is 0 Å². The van der Waals surface area contributed by atoms with E-state index >= 15 is 0 Å². The number of benzene rings is 2. The van der Waals surface area contributed by atoms with Crippen LogP contribution in [0.4, 0.5) is 0 Å². The van der Waals surface area contributed by atoms with Crippen molar-refractivity contribution in [1.82, 2.24) is 5.32 Å². The SMILES string of the molecule is COC(=O)c1ccc(C2CCCNC2)cc1OCc1ccccc1. The maximum Gasteiger partial charge on any atom is 0.341 e. The summed E-state index contributed by atoms with van der Waals surface area (Å²) in [5, 5.41) is 3.43. The fourth-order valence-corrected chi connectivity index (χ4v) is 3.06. The molecule has 0 amide bonds. The van der Waals surface area contributed by atoms with Crippen LogP contribution in [-0.4, -0.2) is 26.2 Å². The molecule has 1 heterocycles. The number of rotatable bonds is 5. The van der Waals surface area contributed by atoms with Crippen LogP contribution in [0, 0.1) is 0 Å². The lowest BCUT2D eigenvalue weighted by molar-refractivity contribution is 0.0595. The molecule has 1 saturated heterocycles. The molecule has 1 aliphatic rings. The second kappa shape index (κ2) is 7.97. The number of hydrogen-bond donors (Lipinski definition) is 1. The highest BCUT2D eigenvalue weighted by Gasteiger charge is 2.19. The van der Waals surface area contributed by atoms with Crippen LogP contribution in [0.3, 0.4) is 0 Å². The van der Waals surface area contributed by atoms with Gasteiger partial charge in [0, 0.05) is 6.54 Å². The van der Waals surface area contributed by atoms with E-state index in [4.69, 9.17) is 9.47 Å². The Morgan fingerprint density at radius 2 is 2.04 bits per heavy atom. The lowest BCUT2D eigenvalue weighted by Crippen LogP contribution is -2.28. The van der Waals surface area contributed by atoms with Gasteiger partial charge >= 0.3 is 5.97 Å². The quantitative estimate of drug-likeness (QED) is 0.855. The predicted molar refractivity (Wildman–Crippen MR) is 93.4 cm³/mol. The smallest absolute Gasteiger partial charge is 0.341 e. The van der Waals surface area contributed by atoms with E-state index in [-0.39, 0.29) is 5.97 Å². The van der Waals surface area contributed by atoms with Gasteiger partial charge in [-0.05, 0) is 48.6 Å². The zero-order valence-corrected chi connectivity index (χ0v) is 14.0. The van der Waals surface area contributed by atoms with Gasteiger partial charge in [-0.15, -0.1) is 0 Å². The number of carbonyl (C=O) groups excluding carboxylic acids is 1. The summed E-state index contributed by atoms with van der Waals surface area (Å²) in [5.74, 6) is 0.685. The Morgan fingerprint density at radius 3 is 2.75 bits per heavy atom. The third-order valence-electron chi connectivity index (χ3n) is 4.42. The van der Waals surface area contributed by atoms with E-state index in [0.717, 1.165) is 25.1 Å². The van der Waals surface area contributed by atoms with Gasteiger partial charge in [-0.25, -0.2) is 4.79 Å². The molecule has 0 aromatic heterocycles. The summed E-state index contributed by atoms with van der Waals surface area (Å²) in [6.07, 6.45) is 2.33. The maximum absolute atomic E-state index is 12.0. The van der Waals surface area contributed by atoms with E-state index in [1.54, 1.807) is 0 Å². The number of esters is 1. The van der Waals surface area contributed by atoms with Gasteiger partial charge in [0.1, 0.15) is 17.9 Å². The average Bonchev–Trinajstić information content (AvgIpc) is 2.67. The Labute approximate surface area is 142 Å². The summed E-state index contributed by atoms with van der Waals surface area (Å²) in [4.78, 5) is 12.0. The summed E-state index contributed by atoms with van der Waals surface area (Å²) >= 11 is 0. The molecule has 0 radical (unpaired) electrons. The molecule has 1 N–H and O–H groups in total. The molecule has 1 fully saturated rings. The van der Waals surface area contributed by atoms with E-state index in [9.17, 15) is 4.79 Å². The number of ether oxygens (including phenoxy) is 2. The minimum absolute atomic E-state index is 0.369. The van der Waals surface area contributed by atoms with Crippen LogP contribution in [0.1, 0.15) is 40.2 Å². The normalized spacial score (nSPS) is 17.3. The van der Waals surface area contributed by atoms with Crippen LogP contribution in [-0.2, 0) is 11.3 Å². The molecule has 2 aromatic rings. The van der Waals surface area contributed by atoms with Gasteiger partial charge in [-0.2, -0.15) is 0 Å². The highest BCUT2D eigenvalue weighted by atomic mass is 16.5. The molecular formula is C20H23NO3. The summed E-state index contributed by atoms with van der Waals surface area (Å²) < 4.78 is 10.8. The van der Waals surface area contributed by atoms with Gasteiger partial charge in [0.2, 0.25) is 0 Å². The summed E-state index contributed by atoms with van der Waals surface area (Å²) in [6, 6.07) is 15.8. The first-order chi connectivity index (χ1) is 11.8. The first-order valence-electron chi connectivity index (χ1n) is 8.37. The van der Waals surface area contributed by atoms with E-state index in [0.29, 0.717) is 23.8 Å². The van der Waals surface area contributed by atoms with Gasteiger partial charge < -0.3 is 14.8 Å². The van der Waals surface area contributed by atoms with Crippen molar-refractivity contribution in [3.63, 3.8) is 0 Å². The molecule has 0 bridgehead atoms. The summed E-state index contributed by atoms with van der Waals surface area (Å²) in [7, 11) is 1.39. The Kier molecular flexibility index (Phi) is 5.49. The van der Waals surface area contributed by atoms with Crippen LogP contribution in [0.25, 0.3) is 0 Å². The molecule has 0 spiro atoms. The van der Waals surface area contributed by atoms with Crippen molar-refractivity contribution in [3.05, 3.63) is 65.2 Å². The van der Waals surface area contributed by atoms with Crippen LogP contribution in [0.2, 0.25) is 0 Å². The van der Waals surface area contributed by atoms with Crippen molar-refractivity contribution >= 4 is 5.97 Å². The maximum atomic E-state index is 12.0. The lowest BCUT2D eigenvalue weighted by atomic mass is 9.91. The monoisotopic (exact) mass is 325 g/mol. The van der Waals surface area contributed by atoms with Crippen LogP contribution >= 0.6 is 0 Å². The number of nitrogens with one attached hydrogen (secondary N) is 1. The number of hydrogen-bond acceptors (Lipinski definition) is 4. The fraction of sp³-hybridized carbons (Fsp3) is 0.350. The molecule has 2 aromatic carbocycles. The van der Waals surface area contributed by atoms with Crippen molar-refractivity contribution in [1.29, 1.82) is 0 Å². The molecule has 1 atom stereocenters. The number of carbonyl (C=O) groups is 1. The van der Waals surface area contributed by atoms with Gasteiger partial charge in [0.25, 0.3) is 0 Å². The van der Waals surface area contributed by atoms with Crippen molar-refractivity contribution in [2.24, 2.45) is 0 Å². The van der Waals surface area contributed by atoms with Crippen molar-refractivity contribution in [2.75, 3.05) is 20.2 Å². The topological polar surface area (TPSA) is 47.6 Å². The van der Waals surface area contributed by atoms with Gasteiger partial charge in [0.15, 0.2) is 0 Å². The molecular weight excluding hydrogens is 302 g/mol. The van der Waals surface area contributed by atoms with E-state index in [1.807, 2.05) is 48.5 Å². The minimum atomic E-state index is -0.369. The van der Waals surface area contributed by atoms with Crippen LogP contribution < -0.4 is 10.1 Å². The van der Waals surface area contributed by atoms with E-state index in [2.05, 4.69) is 5.32 Å². The fourth-order valence-electron chi connectivity index (χ4n) is 3.06. The van der Waals surface area contributed by atoms with E-state index in [1.165, 1.54) is 19.1 Å². The molecule has 0 aliphatic carbocycles. The zero-order chi connectivity index (χ0) is 16.8. The van der Waals surface area contributed by atoms with Crippen molar-refractivity contribution < 1.29 is 14.3 Å². The van der Waals surface area contributed by atoms with Gasteiger partial charge in [-0.1, -0.05) is 36.4 Å². The number of piperidine rings is 1. The first-order valence-corrected chi connectivity index (χ1v) is 8.37. The Morgan fingerprint density at radius 1 is 1.21 bits per heavy atom. The second-order valence-electron chi connectivity index (χ2n) is 6.06. The molecule has 4 nitrogen and oxygen atoms in total. The number of methoxy groups -OCH3 is 1. The predicted octanol–water partition coefficient (Wildman–Crippen LogP) is 3.52. The molecule has 4 heteroatoms. The van der Waals surface area contributed by atoms with E-state index < -0.39 is 0 Å². The highest BCUT2D eigenvalue weighted by Crippen LogP contribution is 2.29. The highest BCUT2D eigenvalue weighted by molar-refractivity contribution is 5.92. The molecule has 1 aliphatic heterocycles. The largest absolute Gasteiger partial charge is 0.488 e. The molecule has 0 saturated carbocycles. The van der Waals surface area contributed by atoms with Crippen LogP contribution in [0.5, 0.6) is 5.75 Å². The molecule has 1 unspecified atom stereocenters. The Bertz CT molecular complexity index is 679. The Balaban J connectivity index is 1.83. The Hall–Kier alpha value is -2.33. The van der Waals surface area contributed by atoms with Crippen molar-refractivity contribution in [2.45, 2.75) is 25.4 Å². The third kappa shape index (κ3) is 3.95. The molecule has 3 rings (SSSR count). The van der Waals surface area contributed by atoms with Crippen molar-refractivity contribution in [3.8, 4) is 5.75 Å². The molecule has 126 valence electrons. The minimum Gasteiger partial charge on any atom is -0.488 e. The zero-order valence-electron chi connectivity index (χ0n) is 14.0. The van der Waals surface area contributed by atoms with Gasteiger partial charge in [0.05, 0.1) is 7.11 Å². The summed E-state index contributed by atoms with van der Waals surface area (Å²) in [6.45, 7) is 2.47. The third-order valence-corrected chi connectivity index (χ3v) is 4.42. The lowest BCUT2D eigenvalue weighted by Gasteiger charge is -2.24. The average molecular weight is 325 g/mol. The van der Waals surface area contributed by atoms with Crippen LogP contribution in [0.15, 0.2) is 48.5 Å². The summed E-state index contributed by atoms with van der Waals surface area (Å²) in [5.41, 5.74) is 2.75. The first kappa shape index (κ1) is 16.5.